The molecule has 2 aromatic carbocycles. The standard InChI is InChI=1S/C23H28N2O4S/c1-3-29-20-8-10-21(11-9-20)30(27,28)24-14-12-18(13-15-24)23(26)25-17(2)16-19-6-4-5-7-22(19)25/h4-11,17-18H,3,12-16H2,1-2H3/t17-/m0/s1. The van der Waals surface area contributed by atoms with E-state index in [0.717, 1.165) is 12.1 Å². The van der Waals surface area contributed by atoms with Crippen LogP contribution in [0.5, 0.6) is 5.75 Å². The van der Waals surface area contributed by atoms with Crippen LogP contribution in [-0.2, 0) is 21.2 Å². The van der Waals surface area contributed by atoms with E-state index in [4.69, 9.17) is 4.74 Å². The van der Waals surface area contributed by atoms with Gasteiger partial charge >= 0.3 is 0 Å². The van der Waals surface area contributed by atoms with Crippen LogP contribution in [0.25, 0.3) is 0 Å². The first-order valence-electron chi connectivity index (χ1n) is 10.6. The third-order valence-electron chi connectivity index (χ3n) is 6.02. The Morgan fingerprint density at radius 1 is 1.07 bits per heavy atom. The van der Waals surface area contributed by atoms with Crippen molar-refractivity contribution in [3.05, 3.63) is 54.1 Å². The van der Waals surface area contributed by atoms with Gasteiger partial charge in [-0.2, -0.15) is 4.31 Å². The number of carbonyl (C=O) groups is 1. The normalized spacial score (nSPS) is 20.2. The Morgan fingerprint density at radius 2 is 1.73 bits per heavy atom. The topological polar surface area (TPSA) is 66.9 Å². The van der Waals surface area contributed by atoms with Gasteiger partial charge < -0.3 is 9.64 Å². The quantitative estimate of drug-likeness (QED) is 0.731. The lowest BCUT2D eigenvalue weighted by molar-refractivity contribution is -0.123. The smallest absolute Gasteiger partial charge is 0.243 e. The summed E-state index contributed by atoms with van der Waals surface area (Å²) in [6, 6.07) is 14.7. The summed E-state index contributed by atoms with van der Waals surface area (Å²) >= 11 is 0. The summed E-state index contributed by atoms with van der Waals surface area (Å²) in [7, 11) is -3.57. The van der Waals surface area contributed by atoms with E-state index >= 15 is 0 Å². The van der Waals surface area contributed by atoms with E-state index in [1.807, 2.05) is 30.0 Å². The van der Waals surface area contributed by atoms with Crippen molar-refractivity contribution in [2.45, 2.75) is 44.0 Å². The van der Waals surface area contributed by atoms with Gasteiger partial charge in [0.1, 0.15) is 5.75 Å². The van der Waals surface area contributed by atoms with E-state index in [1.54, 1.807) is 24.3 Å². The molecule has 1 fully saturated rings. The van der Waals surface area contributed by atoms with Gasteiger partial charge in [0.05, 0.1) is 11.5 Å². The van der Waals surface area contributed by atoms with E-state index in [1.165, 1.54) is 9.87 Å². The Kier molecular flexibility index (Phi) is 5.84. The SMILES string of the molecule is CCOc1ccc(S(=O)(=O)N2CCC(C(=O)N3c4ccccc4C[C@@H]3C)CC2)cc1. The highest BCUT2D eigenvalue weighted by Crippen LogP contribution is 2.35. The van der Waals surface area contributed by atoms with Crippen molar-refractivity contribution in [1.82, 2.24) is 4.31 Å². The largest absolute Gasteiger partial charge is 0.494 e. The summed E-state index contributed by atoms with van der Waals surface area (Å²) in [4.78, 5) is 15.4. The van der Waals surface area contributed by atoms with Crippen LogP contribution in [0.4, 0.5) is 5.69 Å². The predicted octanol–water partition coefficient (Wildman–Crippen LogP) is 3.46. The average Bonchev–Trinajstić information content (AvgIpc) is 3.09. The molecule has 2 heterocycles. The summed E-state index contributed by atoms with van der Waals surface area (Å²) in [6.45, 7) is 5.21. The number of hydrogen-bond donors (Lipinski definition) is 0. The number of hydrogen-bond acceptors (Lipinski definition) is 4. The summed E-state index contributed by atoms with van der Waals surface area (Å²) in [5.41, 5.74) is 2.20. The van der Waals surface area contributed by atoms with Gasteiger partial charge in [0.2, 0.25) is 15.9 Å². The second-order valence-corrected chi connectivity index (χ2v) is 9.91. The molecule has 1 atom stereocenters. The van der Waals surface area contributed by atoms with E-state index < -0.39 is 10.0 Å². The van der Waals surface area contributed by atoms with Crippen LogP contribution in [0.3, 0.4) is 0 Å². The second kappa shape index (κ2) is 8.40. The van der Waals surface area contributed by atoms with Gasteiger partial charge in [-0.25, -0.2) is 8.42 Å². The van der Waals surface area contributed by atoms with Crippen molar-refractivity contribution in [3.63, 3.8) is 0 Å². The molecule has 0 spiro atoms. The van der Waals surface area contributed by atoms with Crippen molar-refractivity contribution < 1.29 is 17.9 Å². The maximum atomic E-state index is 13.2. The molecule has 0 aliphatic carbocycles. The Balaban J connectivity index is 1.43. The number of piperidine rings is 1. The van der Waals surface area contributed by atoms with Crippen LogP contribution >= 0.6 is 0 Å². The number of rotatable bonds is 5. The number of carbonyl (C=O) groups excluding carboxylic acids is 1. The van der Waals surface area contributed by atoms with Crippen LogP contribution in [-0.4, -0.2) is 44.4 Å². The first-order chi connectivity index (χ1) is 14.4. The fraction of sp³-hybridized carbons (Fsp3) is 0.435. The van der Waals surface area contributed by atoms with E-state index in [9.17, 15) is 13.2 Å². The van der Waals surface area contributed by atoms with Crippen molar-refractivity contribution in [1.29, 1.82) is 0 Å². The van der Waals surface area contributed by atoms with Gasteiger partial charge in [0.15, 0.2) is 0 Å². The molecule has 0 saturated carbocycles. The van der Waals surface area contributed by atoms with Crippen LogP contribution in [0, 0.1) is 5.92 Å². The number of nitrogens with zero attached hydrogens (tertiary/aromatic N) is 2. The lowest BCUT2D eigenvalue weighted by Crippen LogP contribution is -2.46. The Labute approximate surface area is 178 Å². The Hall–Kier alpha value is -2.38. The first kappa shape index (κ1) is 20.9. The molecule has 6 nitrogen and oxygen atoms in total. The predicted molar refractivity (Wildman–Crippen MR) is 116 cm³/mol. The number of ether oxygens (including phenoxy) is 1. The monoisotopic (exact) mass is 428 g/mol. The maximum absolute atomic E-state index is 13.2. The van der Waals surface area contributed by atoms with Crippen molar-refractivity contribution in [2.24, 2.45) is 5.92 Å². The van der Waals surface area contributed by atoms with Crippen LogP contribution in [0.15, 0.2) is 53.4 Å². The third kappa shape index (κ3) is 3.84. The molecule has 2 aliphatic heterocycles. The molecule has 7 heteroatoms. The Bertz CT molecular complexity index is 1010. The number of fused-ring (bicyclic) bond motifs is 1. The lowest BCUT2D eigenvalue weighted by atomic mass is 9.96. The van der Waals surface area contributed by atoms with Gasteiger partial charge in [-0.1, -0.05) is 18.2 Å². The van der Waals surface area contributed by atoms with Crippen LogP contribution in [0.1, 0.15) is 32.3 Å². The molecule has 2 aliphatic rings. The van der Waals surface area contributed by atoms with E-state index in [2.05, 4.69) is 13.0 Å². The Morgan fingerprint density at radius 3 is 2.40 bits per heavy atom. The fourth-order valence-electron chi connectivity index (χ4n) is 4.46. The minimum atomic E-state index is -3.57. The summed E-state index contributed by atoms with van der Waals surface area (Å²) in [6.07, 6.45) is 1.95. The summed E-state index contributed by atoms with van der Waals surface area (Å²) in [5.74, 6) is 0.622. The molecule has 0 bridgehead atoms. The minimum Gasteiger partial charge on any atom is -0.494 e. The number of para-hydroxylation sites is 1. The molecule has 4 rings (SSSR count). The zero-order valence-corrected chi connectivity index (χ0v) is 18.3. The van der Waals surface area contributed by atoms with Crippen molar-refractivity contribution in [3.8, 4) is 5.75 Å². The summed E-state index contributed by atoms with van der Waals surface area (Å²) < 4.78 is 32.9. The second-order valence-electron chi connectivity index (χ2n) is 7.97. The molecular weight excluding hydrogens is 400 g/mol. The molecular formula is C23H28N2O4S. The van der Waals surface area contributed by atoms with Crippen LogP contribution in [0.2, 0.25) is 0 Å². The molecule has 160 valence electrons. The van der Waals surface area contributed by atoms with Crippen molar-refractivity contribution in [2.75, 3.05) is 24.6 Å². The number of amides is 1. The molecule has 0 N–H and O–H groups in total. The van der Waals surface area contributed by atoms with Gasteiger partial charge in [0.25, 0.3) is 0 Å². The lowest BCUT2D eigenvalue weighted by Gasteiger charge is -2.34. The summed E-state index contributed by atoms with van der Waals surface area (Å²) in [5, 5.41) is 0. The van der Waals surface area contributed by atoms with Crippen LogP contribution < -0.4 is 9.64 Å². The van der Waals surface area contributed by atoms with E-state index in [0.29, 0.717) is 38.3 Å². The van der Waals surface area contributed by atoms with Gasteiger partial charge in [-0.05, 0) is 69.0 Å². The minimum absolute atomic E-state index is 0.116. The number of anilines is 1. The number of benzene rings is 2. The maximum Gasteiger partial charge on any atom is 0.243 e. The average molecular weight is 429 g/mol. The third-order valence-corrected chi connectivity index (χ3v) is 7.93. The highest BCUT2D eigenvalue weighted by atomic mass is 32.2. The van der Waals surface area contributed by atoms with Gasteiger partial charge in [-0.3, -0.25) is 4.79 Å². The van der Waals surface area contributed by atoms with Crippen molar-refractivity contribution >= 4 is 21.6 Å². The highest BCUT2D eigenvalue weighted by Gasteiger charge is 2.38. The molecule has 1 saturated heterocycles. The molecule has 0 unspecified atom stereocenters. The molecule has 0 radical (unpaired) electrons. The van der Waals surface area contributed by atoms with Gasteiger partial charge in [0, 0.05) is 30.7 Å². The molecule has 30 heavy (non-hydrogen) atoms. The van der Waals surface area contributed by atoms with E-state index in [-0.39, 0.29) is 22.8 Å². The molecule has 1 amide bonds. The fourth-order valence-corrected chi connectivity index (χ4v) is 5.93. The highest BCUT2D eigenvalue weighted by molar-refractivity contribution is 7.89. The number of sulfonamides is 1. The first-order valence-corrected chi connectivity index (χ1v) is 12.0. The molecule has 0 aromatic heterocycles. The van der Waals surface area contributed by atoms with Gasteiger partial charge in [-0.15, -0.1) is 0 Å². The zero-order valence-electron chi connectivity index (χ0n) is 17.5. The zero-order chi connectivity index (χ0) is 21.3. The molecule has 2 aromatic rings.